The standard InChI is InChI=1S/C12H26N2O3/c1-10(15)6-5-7-13-8-9-14-11(16)17-12(2,3)4/h10,13,15H,5-9H2,1-4H3,(H,14,16). The summed E-state index contributed by atoms with van der Waals surface area (Å²) in [5.41, 5.74) is -0.450. The maximum atomic E-state index is 11.2. The first-order chi connectivity index (χ1) is 7.81. The van der Waals surface area contributed by atoms with Gasteiger partial charge in [-0.3, -0.25) is 0 Å². The van der Waals surface area contributed by atoms with E-state index >= 15 is 0 Å². The summed E-state index contributed by atoms with van der Waals surface area (Å²) in [6, 6.07) is 0. The molecule has 0 aromatic rings. The van der Waals surface area contributed by atoms with Crippen molar-refractivity contribution >= 4 is 6.09 Å². The molecule has 5 heteroatoms. The Morgan fingerprint density at radius 3 is 2.47 bits per heavy atom. The first-order valence-corrected chi connectivity index (χ1v) is 6.17. The lowest BCUT2D eigenvalue weighted by Crippen LogP contribution is -2.36. The van der Waals surface area contributed by atoms with Gasteiger partial charge in [0.1, 0.15) is 5.60 Å². The first kappa shape index (κ1) is 16.2. The van der Waals surface area contributed by atoms with E-state index in [4.69, 9.17) is 9.84 Å². The van der Waals surface area contributed by atoms with Gasteiger partial charge in [0.25, 0.3) is 0 Å². The molecule has 0 radical (unpaired) electrons. The van der Waals surface area contributed by atoms with Crippen molar-refractivity contribution in [3.63, 3.8) is 0 Å². The van der Waals surface area contributed by atoms with Crippen LogP contribution < -0.4 is 10.6 Å². The Balaban J connectivity index is 3.31. The zero-order valence-electron chi connectivity index (χ0n) is 11.4. The highest BCUT2D eigenvalue weighted by Gasteiger charge is 2.15. The predicted octanol–water partition coefficient (Wildman–Crippen LogP) is 1.26. The predicted molar refractivity (Wildman–Crippen MR) is 68.0 cm³/mol. The zero-order valence-corrected chi connectivity index (χ0v) is 11.4. The van der Waals surface area contributed by atoms with Crippen molar-refractivity contribution in [2.75, 3.05) is 19.6 Å². The zero-order chi connectivity index (χ0) is 13.3. The second-order valence-electron chi connectivity index (χ2n) is 5.17. The summed E-state index contributed by atoms with van der Waals surface area (Å²) >= 11 is 0. The van der Waals surface area contributed by atoms with Crippen molar-refractivity contribution in [2.24, 2.45) is 0 Å². The number of carbonyl (C=O) groups excluding carboxylic acids is 1. The van der Waals surface area contributed by atoms with Crippen LogP contribution in [0.2, 0.25) is 0 Å². The second-order valence-corrected chi connectivity index (χ2v) is 5.17. The molecular weight excluding hydrogens is 220 g/mol. The first-order valence-electron chi connectivity index (χ1n) is 6.17. The van der Waals surface area contributed by atoms with Gasteiger partial charge in [0.2, 0.25) is 0 Å². The molecule has 0 heterocycles. The van der Waals surface area contributed by atoms with Crippen LogP contribution in [0, 0.1) is 0 Å². The van der Waals surface area contributed by atoms with Crippen molar-refractivity contribution in [3.05, 3.63) is 0 Å². The highest BCUT2D eigenvalue weighted by molar-refractivity contribution is 5.67. The van der Waals surface area contributed by atoms with E-state index in [1.807, 2.05) is 20.8 Å². The number of rotatable bonds is 7. The average molecular weight is 246 g/mol. The smallest absolute Gasteiger partial charge is 0.407 e. The van der Waals surface area contributed by atoms with Gasteiger partial charge in [-0.05, 0) is 47.1 Å². The van der Waals surface area contributed by atoms with Crippen LogP contribution in [0.15, 0.2) is 0 Å². The summed E-state index contributed by atoms with van der Waals surface area (Å²) in [6.45, 7) is 9.39. The van der Waals surface area contributed by atoms with Gasteiger partial charge >= 0.3 is 6.09 Å². The molecule has 0 aromatic carbocycles. The molecule has 0 spiro atoms. The van der Waals surface area contributed by atoms with Crippen molar-refractivity contribution in [2.45, 2.75) is 52.2 Å². The number of alkyl carbamates (subject to hydrolysis) is 1. The van der Waals surface area contributed by atoms with E-state index in [1.54, 1.807) is 6.92 Å². The molecule has 0 aliphatic heterocycles. The fraction of sp³-hybridized carbons (Fsp3) is 0.917. The van der Waals surface area contributed by atoms with Crippen LogP contribution in [0.1, 0.15) is 40.5 Å². The topological polar surface area (TPSA) is 70.6 Å². The molecule has 1 atom stereocenters. The molecule has 0 fully saturated rings. The van der Waals surface area contributed by atoms with Gasteiger partial charge in [-0.2, -0.15) is 0 Å². The molecule has 3 N–H and O–H groups in total. The summed E-state index contributed by atoms with van der Waals surface area (Å²) in [6.07, 6.45) is 1.11. The molecule has 102 valence electrons. The Hall–Kier alpha value is -0.810. The lowest BCUT2D eigenvalue weighted by atomic mass is 10.2. The Morgan fingerprint density at radius 1 is 1.29 bits per heavy atom. The van der Waals surface area contributed by atoms with Crippen molar-refractivity contribution in [1.82, 2.24) is 10.6 Å². The summed E-state index contributed by atoms with van der Waals surface area (Å²) < 4.78 is 5.09. The number of ether oxygens (including phenoxy) is 1. The van der Waals surface area contributed by atoms with Gasteiger partial charge in [0.05, 0.1) is 6.10 Å². The van der Waals surface area contributed by atoms with Crippen LogP contribution in [0.4, 0.5) is 4.79 Å². The maximum absolute atomic E-state index is 11.2. The second kappa shape index (κ2) is 8.31. The molecular formula is C12H26N2O3. The fourth-order valence-corrected chi connectivity index (χ4v) is 1.21. The molecule has 0 aromatic heterocycles. The maximum Gasteiger partial charge on any atom is 0.407 e. The number of carbonyl (C=O) groups is 1. The minimum absolute atomic E-state index is 0.239. The lowest BCUT2D eigenvalue weighted by molar-refractivity contribution is 0.0528. The Kier molecular flexibility index (Phi) is 7.91. The van der Waals surface area contributed by atoms with E-state index in [0.29, 0.717) is 13.1 Å². The summed E-state index contributed by atoms with van der Waals surface area (Å²) in [5.74, 6) is 0. The number of aliphatic hydroxyl groups excluding tert-OH is 1. The molecule has 0 aliphatic rings. The van der Waals surface area contributed by atoms with Crippen LogP contribution in [0.25, 0.3) is 0 Å². The van der Waals surface area contributed by atoms with Crippen molar-refractivity contribution in [1.29, 1.82) is 0 Å². The third-order valence-corrected chi connectivity index (χ3v) is 1.95. The Labute approximate surface area is 104 Å². The van der Waals surface area contributed by atoms with Gasteiger partial charge in [-0.25, -0.2) is 4.79 Å². The largest absolute Gasteiger partial charge is 0.444 e. The normalized spacial score (nSPS) is 13.2. The number of amides is 1. The Bertz CT molecular complexity index is 212. The van der Waals surface area contributed by atoms with Gasteiger partial charge in [-0.15, -0.1) is 0 Å². The lowest BCUT2D eigenvalue weighted by Gasteiger charge is -2.19. The molecule has 5 nitrogen and oxygen atoms in total. The molecule has 1 amide bonds. The van der Waals surface area contributed by atoms with E-state index < -0.39 is 5.60 Å². The van der Waals surface area contributed by atoms with Crippen LogP contribution >= 0.6 is 0 Å². The fourth-order valence-electron chi connectivity index (χ4n) is 1.21. The minimum Gasteiger partial charge on any atom is -0.444 e. The third kappa shape index (κ3) is 13.1. The monoisotopic (exact) mass is 246 g/mol. The van der Waals surface area contributed by atoms with Gasteiger partial charge < -0.3 is 20.5 Å². The molecule has 17 heavy (non-hydrogen) atoms. The molecule has 0 saturated carbocycles. The molecule has 0 aliphatic carbocycles. The summed E-state index contributed by atoms with van der Waals surface area (Å²) in [5, 5.41) is 14.9. The van der Waals surface area contributed by atoms with Crippen LogP contribution in [-0.4, -0.2) is 42.5 Å². The SMILES string of the molecule is CC(O)CCCNCCNC(=O)OC(C)(C)C. The highest BCUT2D eigenvalue weighted by atomic mass is 16.6. The number of aliphatic hydroxyl groups is 1. The van der Waals surface area contributed by atoms with Gasteiger partial charge in [0.15, 0.2) is 0 Å². The van der Waals surface area contributed by atoms with Crippen LogP contribution in [0.5, 0.6) is 0 Å². The van der Waals surface area contributed by atoms with Crippen LogP contribution in [0.3, 0.4) is 0 Å². The number of hydrogen-bond donors (Lipinski definition) is 3. The van der Waals surface area contributed by atoms with Gasteiger partial charge in [-0.1, -0.05) is 0 Å². The van der Waals surface area contributed by atoms with Gasteiger partial charge in [0, 0.05) is 13.1 Å². The number of nitrogens with one attached hydrogen (secondary N) is 2. The molecule has 0 saturated heterocycles. The summed E-state index contributed by atoms with van der Waals surface area (Å²) in [7, 11) is 0. The van der Waals surface area contributed by atoms with E-state index in [-0.39, 0.29) is 12.2 Å². The van der Waals surface area contributed by atoms with E-state index in [2.05, 4.69) is 10.6 Å². The van der Waals surface area contributed by atoms with E-state index in [1.165, 1.54) is 0 Å². The molecule has 0 rings (SSSR count). The number of hydrogen-bond acceptors (Lipinski definition) is 4. The van der Waals surface area contributed by atoms with Crippen molar-refractivity contribution in [3.8, 4) is 0 Å². The highest BCUT2D eigenvalue weighted by Crippen LogP contribution is 2.05. The van der Waals surface area contributed by atoms with Crippen LogP contribution in [-0.2, 0) is 4.74 Å². The van der Waals surface area contributed by atoms with E-state index in [0.717, 1.165) is 19.4 Å². The third-order valence-electron chi connectivity index (χ3n) is 1.95. The summed E-state index contributed by atoms with van der Waals surface area (Å²) in [4.78, 5) is 11.2. The quantitative estimate of drug-likeness (QED) is 0.591. The molecule has 1 unspecified atom stereocenters. The van der Waals surface area contributed by atoms with E-state index in [9.17, 15) is 4.79 Å². The minimum atomic E-state index is -0.450. The Morgan fingerprint density at radius 2 is 1.94 bits per heavy atom. The average Bonchev–Trinajstić information content (AvgIpc) is 2.12. The molecule has 0 bridgehead atoms. The van der Waals surface area contributed by atoms with Crippen molar-refractivity contribution < 1.29 is 14.6 Å².